The fraction of sp³-hybridized carbons (Fsp3) is 0.417. The smallest absolute Gasteiger partial charge is 0.417 e. The number of nitrogens with two attached hydrogens (primary N) is 1. The van der Waals surface area contributed by atoms with E-state index in [0.717, 1.165) is 12.1 Å². The van der Waals surface area contributed by atoms with Gasteiger partial charge >= 0.3 is 12.1 Å². The third-order valence-corrected chi connectivity index (χ3v) is 3.00. The van der Waals surface area contributed by atoms with E-state index in [-0.39, 0.29) is 5.69 Å². The molecule has 3 nitrogen and oxygen atoms in total. The topological polar surface area (TPSA) is 52.3 Å². The van der Waals surface area contributed by atoms with Gasteiger partial charge in [-0.1, -0.05) is 0 Å². The van der Waals surface area contributed by atoms with Crippen molar-refractivity contribution >= 4 is 34.2 Å². The van der Waals surface area contributed by atoms with Crippen LogP contribution in [0.15, 0.2) is 12.1 Å². The van der Waals surface area contributed by atoms with Crippen molar-refractivity contribution in [2.45, 2.75) is 32.5 Å². The molecule has 0 heterocycles. The summed E-state index contributed by atoms with van der Waals surface area (Å²) in [4.78, 5) is 11.8. The van der Waals surface area contributed by atoms with Crippen molar-refractivity contribution in [3.8, 4) is 0 Å². The van der Waals surface area contributed by atoms with Crippen LogP contribution >= 0.6 is 22.6 Å². The van der Waals surface area contributed by atoms with Crippen molar-refractivity contribution in [1.29, 1.82) is 0 Å². The van der Waals surface area contributed by atoms with Gasteiger partial charge in [-0.2, -0.15) is 13.2 Å². The molecule has 0 saturated carbocycles. The van der Waals surface area contributed by atoms with Crippen molar-refractivity contribution in [3.05, 3.63) is 26.8 Å². The summed E-state index contributed by atoms with van der Waals surface area (Å²) < 4.78 is 44.0. The van der Waals surface area contributed by atoms with Crippen LogP contribution in [0.5, 0.6) is 0 Å². The summed E-state index contributed by atoms with van der Waals surface area (Å²) in [5.74, 6) is -1.02. The number of alkyl halides is 3. The number of carbonyl (C=O) groups excluding carboxylic acids is 1. The van der Waals surface area contributed by atoms with Gasteiger partial charge in [-0.05, 0) is 55.5 Å². The lowest BCUT2D eigenvalue weighted by Crippen LogP contribution is -2.26. The number of halogens is 4. The number of anilines is 1. The van der Waals surface area contributed by atoms with Crippen LogP contribution in [0, 0.1) is 3.57 Å². The molecule has 106 valence electrons. The number of hydrogen-bond donors (Lipinski definition) is 1. The summed E-state index contributed by atoms with van der Waals surface area (Å²) in [6.45, 7) is 4.75. The summed E-state index contributed by atoms with van der Waals surface area (Å²) in [7, 11) is 0. The number of ether oxygens (including phenoxy) is 1. The van der Waals surface area contributed by atoms with Gasteiger partial charge in [0.1, 0.15) is 5.60 Å². The first-order chi connectivity index (χ1) is 8.42. The second kappa shape index (κ2) is 5.18. The standard InChI is InChI=1S/C12H13F3INO2/c1-11(2,3)19-10(18)6-4-8(16)9(17)5-7(6)12(13,14)15/h4-5H,17H2,1-3H3. The van der Waals surface area contributed by atoms with E-state index in [9.17, 15) is 18.0 Å². The van der Waals surface area contributed by atoms with Crippen molar-refractivity contribution < 1.29 is 22.7 Å². The first kappa shape index (κ1) is 16.1. The highest BCUT2D eigenvalue weighted by Crippen LogP contribution is 2.35. The largest absolute Gasteiger partial charge is 0.456 e. The lowest BCUT2D eigenvalue weighted by molar-refractivity contribution is -0.138. The molecule has 1 aromatic carbocycles. The highest BCUT2D eigenvalue weighted by Gasteiger charge is 2.37. The van der Waals surface area contributed by atoms with E-state index in [1.165, 1.54) is 0 Å². The van der Waals surface area contributed by atoms with Gasteiger partial charge in [0.05, 0.1) is 11.1 Å². The summed E-state index contributed by atoms with van der Waals surface area (Å²) in [6, 6.07) is 1.84. The van der Waals surface area contributed by atoms with Crippen molar-refractivity contribution in [2.24, 2.45) is 0 Å². The minimum absolute atomic E-state index is 0.0276. The SMILES string of the molecule is CC(C)(C)OC(=O)c1cc(I)c(N)cc1C(F)(F)F. The number of benzene rings is 1. The Hall–Kier alpha value is -0.990. The summed E-state index contributed by atoms with van der Waals surface area (Å²) in [6.07, 6.45) is -4.66. The monoisotopic (exact) mass is 387 g/mol. The highest BCUT2D eigenvalue weighted by molar-refractivity contribution is 14.1. The minimum atomic E-state index is -4.66. The minimum Gasteiger partial charge on any atom is -0.456 e. The number of rotatable bonds is 1. The molecule has 0 fully saturated rings. The summed E-state index contributed by atoms with van der Waals surface area (Å²) in [5, 5.41) is 0. The molecule has 0 aliphatic carbocycles. The van der Waals surface area contributed by atoms with Gasteiger partial charge < -0.3 is 10.5 Å². The average molecular weight is 387 g/mol. The Morgan fingerprint density at radius 3 is 2.21 bits per heavy atom. The Morgan fingerprint density at radius 1 is 1.26 bits per heavy atom. The lowest BCUT2D eigenvalue weighted by Gasteiger charge is -2.21. The number of carbonyl (C=O) groups is 1. The maximum absolute atomic E-state index is 12.9. The van der Waals surface area contributed by atoms with E-state index < -0.39 is 28.9 Å². The Morgan fingerprint density at radius 2 is 1.79 bits per heavy atom. The Balaban J connectivity index is 3.33. The quantitative estimate of drug-likeness (QED) is 0.453. The van der Waals surface area contributed by atoms with Gasteiger partial charge in [-0.15, -0.1) is 0 Å². The first-order valence-corrected chi connectivity index (χ1v) is 6.39. The van der Waals surface area contributed by atoms with Gasteiger partial charge in [-0.25, -0.2) is 4.79 Å². The summed E-state index contributed by atoms with van der Waals surface area (Å²) in [5.41, 5.74) is 2.95. The molecule has 0 aromatic heterocycles. The van der Waals surface area contributed by atoms with Crippen LogP contribution in [0.1, 0.15) is 36.7 Å². The Kier molecular flexibility index (Phi) is 4.38. The van der Waals surface area contributed by atoms with Gasteiger partial charge in [-0.3, -0.25) is 0 Å². The third kappa shape index (κ3) is 4.26. The predicted molar refractivity (Wildman–Crippen MR) is 73.7 cm³/mol. The number of nitrogen functional groups attached to an aromatic ring is 1. The lowest BCUT2D eigenvalue weighted by atomic mass is 10.1. The Labute approximate surface area is 122 Å². The average Bonchev–Trinajstić information content (AvgIpc) is 2.17. The van der Waals surface area contributed by atoms with E-state index in [1.807, 2.05) is 0 Å². The maximum atomic E-state index is 12.9. The molecule has 0 saturated heterocycles. The molecule has 0 amide bonds. The van der Waals surface area contributed by atoms with Crippen LogP contribution in [0.2, 0.25) is 0 Å². The molecular weight excluding hydrogens is 374 g/mol. The molecule has 0 atom stereocenters. The normalized spacial score (nSPS) is 12.4. The Bertz CT molecular complexity index is 507. The van der Waals surface area contributed by atoms with Crippen LogP contribution in [0.3, 0.4) is 0 Å². The fourth-order valence-corrected chi connectivity index (χ4v) is 1.79. The van der Waals surface area contributed by atoms with Crippen molar-refractivity contribution in [2.75, 3.05) is 5.73 Å². The van der Waals surface area contributed by atoms with E-state index in [4.69, 9.17) is 10.5 Å². The van der Waals surface area contributed by atoms with Crippen molar-refractivity contribution in [3.63, 3.8) is 0 Å². The van der Waals surface area contributed by atoms with Crippen LogP contribution in [-0.2, 0) is 10.9 Å². The molecule has 0 aliphatic heterocycles. The van der Waals surface area contributed by atoms with Crippen LogP contribution in [-0.4, -0.2) is 11.6 Å². The molecule has 0 aliphatic rings. The van der Waals surface area contributed by atoms with Crippen LogP contribution in [0.25, 0.3) is 0 Å². The molecule has 0 bridgehead atoms. The molecule has 0 radical (unpaired) electrons. The third-order valence-electron chi connectivity index (χ3n) is 2.06. The highest BCUT2D eigenvalue weighted by atomic mass is 127. The van der Waals surface area contributed by atoms with Gasteiger partial charge in [0.2, 0.25) is 0 Å². The van der Waals surface area contributed by atoms with Gasteiger partial charge in [0.15, 0.2) is 0 Å². The van der Waals surface area contributed by atoms with E-state index >= 15 is 0 Å². The fourth-order valence-electron chi connectivity index (χ4n) is 1.33. The van der Waals surface area contributed by atoms with Crippen molar-refractivity contribution in [1.82, 2.24) is 0 Å². The number of esters is 1. The number of hydrogen-bond acceptors (Lipinski definition) is 3. The summed E-state index contributed by atoms with van der Waals surface area (Å²) >= 11 is 1.77. The first-order valence-electron chi connectivity index (χ1n) is 5.31. The van der Waals surface area contributed by atoms with Crippen LogP contribution in [0.4, 0.5) is 18.9 Å². The van der Waals surface area contributed by atoms with Gasteiger partial charge in [0, 0.05) is 9.26 Å². The molecule has 1 aromatic rings. The second-order valence-corrected chi connectivity index (χ2v) is 6.08. The molecule has 19 heavy (non-hydrogen) atoms. The zero-order valence-corrected chi connectivity index (χ0v) is 12.7. The van der Waals surface area contributed by atoms with Gasteiger partial charge in [0.25, 0.3) is 0 Å². The van der Waals surface area contributed by atoms with E-state index in [2.05, 4.69) is 0 Å². The maximum Gasteiger partial charge on any atom is 0.417 e. The van der Waals surface area contributed by atoms with E-state index in [0.29, 0.717) is 3.57 Å². The molecule has 2 N–H and O–H groups in total. The van der Waals surface area contributed by atoms with Crippen LogP contribution < -0.4 is 5.73 Å². The zero-order valence-electron chi connectivity index (χ0n) is 10.6. The molecule has 0 unspecified atom stereocenters. The second-order valence-electron chi connectivity index (χ2n) is 4.92. The van der Waals surface area contributed by atoms with E-state index in [1.54, 1.807) is 43.4 Å². The predicted octanol–water partition coefficient (Wildman–Crippen LogP) is 3.85. The molecule has 1 rings (SSSR count). The molecular formula is C12H13F3INO2. The zero-order chi connectivity index (χ0) is 15.0. The molecule has 7 heteroatoms. The molecule has 0 spiro atoms.